The number of pyridine rings is 1. The summed E-state index contributed by atoms with van der Waals surface area (Å²) in [4.78, 5) is 21.6. The van der Waals surface area contributed by atoms with Crippen molar-refractivity contribution >= 4 is 40.8 Å². The summed E-state index contributed by atoms with van der Waals surface area (Å²) in [6, 6.07) is 20.0. The minimum absolute atomic E-state index is 0.0324. The van der Waals surface area contributed by atoms with Crippen LogP contribution in [0.25, 0.3) is 0 Å². The molecule has 4 rings (SSSR count). The molecule has 2 heterocycles. The number of aromatic nitrogens is 1. The van der Waals surface area contributed by atoms with Crippen LogP contribution < -0.4 is 4.90 Å². The number of nitrogens with zero attached hydrogens (tertiary/aromatic N) is 3. The molecule has 4 nitrogen and oxygen atoms in total. The molecule has 0 saturated carbocycles. The second kappa shape index (κ2) is 7.70. The highest BCUT2D eigenvalue weighted by molar-refractivity contribution is 8.00. The van der Waals surface area contributed by atoms with Gasteiger partial charge < -0.3 is 0 Å². The lowest BCUT2D eigenvalue weighted by atomic mass is 10.1. The lowest BCUT2D eigenvalue weighted by Gasteiger charge is -2.31. The Morgan fingerprint density at radius 1 is 1.11 bits per heavy atom. The van der Waals surface area contributed by atoms with Crippen LogP contribution >= 0.6 is 23.5 Å². The molecule has 0 atom stereocenters. The van der Waals surface area contributed by atoms with Gasteiger partial charge in [-0.1, -0.05) is 47.8 Å². The highest BCUT2D eigenvalue weighted by atomic mass is 32.2. The normalized spacial score (nSPS) is 12.1. The van der Waals surface area contributed by atoms with Crippen LogP contribution in [0.15, 0.2) is 69.4 Å². The van der Waals surface area contributed by atoms with Crippen molar-refractivity contribution in [1.29, 1.82) is 5.26 Å². The predicted molar refractivity (Wildman–Crippen MR) is 113 cm³/mol. The highest BCUT2D eigenvalue weighted by Crippen LogP contribution is 2.48. The Hall–Kier alpha value is -2.75. The number of nitriles is 1. The molecular formula is C22H17N3OS2. The van der Waals surface area contributed by atoms with E-state index in [1.54, 1.807) is 16.7 Å². The van der Waals surface area contributed by atoms with Gasteiger partial charge in [-0.3, -0.25) is 9.69 Å². The number of rotatable bonds is 3. The highest BCUT2D eigenvalue weighted by Gasteiger charge is 2.28. The molecule has 138 valence electrons. The van der Waals surface area contributed by atoms with E-state index in [1.165, 1.54) is 11.8 Å². The number of hydrogen-bond acceptors (Lipinski definition) is 5. The molecule has 1 aliphatic rings. The molecule has 1 aromatic heterocycles. The third-order valence-electron chi connectivity index (χ3n) is 4.44. The number of carbonyl (C=O) groups is 1. The molecule has 0 radical (unpaired) electrons. The first-order chi connectivity index (χ1) is 13.6. The first kappa shape index (κ1) is 18.6. The average Bonchev–Trinajstić information content (AvgIpc) is 2.69. The summed E-state index contributed by atoms with van der Waals surface area (Å²) in [6.45, 7) is 3.79. The van der Waals surface area contributed by atoms with E-state index in [1.807, 2.05) is 68.4 Å². The van der Waals surface area contributed by atoms with E-state index in [9.17, 15) is 10.1 Å². The van der Waals surface area contributed by atoms with Gasteiger partial charge in [0, 0.05) is 15.5 Å². The molecule has 3 aromatic rings. The molecule has 0 aliphatic carbocycles. The van der Waals surface area contributed by atoms with Crippen molar-refractivity contribution in [1.82, 2.24) is 4.98 Å². The van der Waals surface area contributed by atoms with Crippen LogP contribution in [0, 0.1) is 25.2 Å². The van der Waals surface area contributed by atoms with E-state index in [-0.39, 0.29) is 11.7 Å². The van der Waals surface area contributed by atoms with Crippen molar-refractivity contribution < 1.29 is 4.79 Å². The lowest BCUT2D eigenvalue weighted by Crippen LogP contribution is -2.30. The first-order valence-electron chi connectivity index (χ1n) is 8.78. The number of hydrogen-bond donors (Lipinski definition) is 0. The Morgan fingerprint density at radius 2 is 1.71 bits per heavy atom. The Balaban J connectivity index is 1.66. The number of amides is 1. The van der Waals surface area contributed by atoms with E-state index >= 15 is 0 Å². The summed E-state index contributed by atoms with van der Waals surface area (Å²) < 4.78 is 0. The second-order valence-electron chi connectivity index (χ2n) is 6.43. The molecule has 0 spiro atoms. The van der Waals surface area contributed by atoms with Crippen molar-refractivity contribution in [3.8, 4) is 6.07 Å². The van der Waals surface area contributed by atoms with Gasteiger partial charge in [0.25, 0.3) is 0 Å². The molecule has 0 N–H and O–H groups in total. The molecule has 0 unspecified atom stereocenters. The van der Waals surface area contributed by atoms with Crippen molar-refractivity contribution in [3.63, 3.8) is 0 Å². The second-order valence-corrected chi connectivity index (χ2v) is 8.48. The van der Waals surface area contributed by atoms with E-state index in [2.05, 4.69) is 11.1 Å². The zero-order valence-corrected chi connectivity index (χ0v) is 17.1. The van der Waals surface area contributed by atoms with Gasteiger partial charge in [0.05, 0.1) is 22.7 Å². The van der Waals surface area contributed by atoms with E-state index in [0.29, 0.717) is 10.6 Å². The largest absolute Gasteiger partial charge is 0.278 e. The van der Waals surface area contributed by atoms with Crippen LogP contribution in [0.1, 0.15) is 16.8 Å². The average molecular weight is 404 g/mol. The first-order valence-corrected chi connectivity index (χ1v) is 10.6. The van der Waals surface area contributed by atoms with Crippen LogP contribution in [0.2, 0.25) is 0 Å². The van der Waals surface area contributed by atoms with Crippen molar-refractivity contribution in [3.05, 3.63) is 71.4 Å². The SMILES string of the molecule is Cc1cc(C)c(C#N)c(SCC(=O)N2c3ccccc3Sc3ccccc32)n1. The Labute approximate surface area is 172 Å². The third kappa shape index (κ3) is 3.39. The van der Waals surface area contributed by atoms with E-state index < -0.39 is 0 Å². The standard InChI is InChI=1S/C22H17N3OS2/c1-14-11-15(2)24-22(16(14)12-23)27-13-21(26)25-17-7-3-5-9-19(17)28-20-10-6-4-8-18(20)25/h3-11H,13H2,1-2H3. The lowest BCUT2D eigenvalue weighted by molar-refractivity contribution is -0.115. The molecule has 1 amide bonds. The molecule has 1 aliphatic heterocycles. The van der Waals surface area contributed by atoms with E-state index in [4.69, 9.17) is 0 Å². The van der Waals surface area contributed by atoms with Crippen LogP contribution in [0.5, 0.6) is 0 Å². The number of aryl methyl sites for hydroxylation is 2. The van der Waals surface area contributed by atoms with Crippen LogP contribution in [-0.4, -0.2) is 16.6 Å². The minimum atomic E-state index is -0.0324. The number of fused-ring (bicyclic) bond motifs is 2. The third-order valence-corrected chi connectivity index (χ3v) is 6.53. The van der Waals surface area contributed by atoms with E-state index in [0.717, 1.165) is 32.4 Å². The zero-order valence-electron chi connectivity index (χ0n) is 15.5. The predicted octanol–water partition coefficient (Wildman–Crippen LogP) is 5.49. The molecular weight excluding hydrogens is 386 g/mol. The van der Waals surface area contributed by atoms with Gasteiger partial charge in [-0.05, 0) is 49.7 Å². The Morgan fingerprint density at radius 3 is 2.32 bits per heavy atom. The smallest absolute Gasteiger partial charge is 0.242 e. The fourth-order valence-corrected chi connectivity index (χ4v) is 5.22. The van der Waals surface area contributed by atoms with Gasteiger partial charge in [-0.25, -0.2) is 4.98 Å². The fraction of sp³-hybridized carbons (Fsp3) is 0.136. The number of thioether (sulfide) groups is 1. The zero-order chi connectivity index (χ0) is 19.7. The Kier molecular flexibility index (Phi) is 5.12. The van der Waals surface area contributed by atoms with Gasteiger partial charge in [0.2, 0.25) is 5.91 Å². The topological polar surface area (TPSA) is 57.0 Å². The summed E-state index contributed by atoms with van der Waals surface area (Å²) in [5.41, 5.74) is 4.06. The minimum Gasteiger partial charge on any atom is -0.278 e. The quantitative estimate of drug-likeness (QED) is 0.541. The summed E-state index contributed by atoms with van der Waals surface area (Å²) in [5.74, 6) is 0.174. The molecule has 2 aromatic carbocycles. The number of benzene rings is 2. The van der Waals surface area contributed by atoms with Gasteiger partial charge in [-0.15, -0.1) is 0 Å². The molecule has 0 fully saturated rings. The number of anilines is 2. The monoisotopic (exact) mass is 403 g/mol. The molecule has 6 heteroatoms. The maximum atomic E-state index is 13.3. The molecule has 0 bridgehead atoms. The van der Waals surface area contributed by atoms with Gasteiger partial charge in [0.15, 0.2) is 0 Å². The number of para-hydroxylation sites is 2. The summed E-state index contributed by atoms with van der Waals surface area (Å²) in [6.07, 6.45) is 0. The molecule has 0 saturated heterocycles. The van der Waals surface area contributed by atoms with Crippen LogP contribution in [0.4, 0.5) is 11.4 Å². The van der Waals surface area contributed by atoms with Crippen molar-refractivity contribution in [2.45, 2.75) is 28.7 Å². The van der Waals surface area contributed by atoms with Gasteiger partial charge >= 0.3 is 0 Å². The summed E-state index contributed by atoms with van der Waals surface area (Å²) in [7, 11) is 0. The number of carbonyl (C=O) groups excluding carboxylic acids is 1. The van der Waals surface area contributed by atoms with Crippen molar-refractivity contribution in [2.75, 3.05) is 10.7 Å². The van der Waals surface area contributed by atoms with Crippen LogP contribution in [-0.2, 0) is 4.79 Å². The molecule has 28 heavy (non-hydrogen) atoms. The Bertz CT molecular complexity index is 1080. The summed E-state index contributed by atoms with van der Waals surface area (Å²) in [5, 5.41) is 10.1. The maximum Gasteiger partial charge on any atom is 0.242 e. The van der Waals surface area contributed by atoms with Gasteiger partial charge in [-0.2, -0.15) is 5.26 Å². The maximum absolute atomic E-state index is 13.3. The van der Waals surface area contributed by atoms with Crippen molar-refractivity contribution in [2.24, 2.45) is 0 Å². The van der Waals surface area contributed by atoms with Gasteiger partial charge in [0.1, 0.15) is 11.1 Å². The van der Waals surface area contributed by atoms with Crippen LogP contribution in [0.3, 0.4) is 0 Å². The fourth-order valence-electron chi connectivity index (χ4n) is 3.21. The summed E-state index contributed by atoms with van der Waals surface area (Å²) >= 11 is 2.99.